The molecule has 2 N–H and O–H groups in total. The Morgan fingerprint density at radius 2 is 1.80 bits per heavy atom. The molecule has 6 nitrogen and oxygen atoms in total. The molecule has 0 radical (unpaired) electrons. The minimum Gasteiger partial charge on any atom is -0.355 e. The SMILES string of the molecule is CNC(=O)c1ccc(NC(=O)C2Cc3ccccc3CN2C(=O)CC(C)C)c(C)c1. The van der Waals surface area contributed by atoms with Crippen molar-refractivity contribution in [3.8, 4) is 0 Å². The summed E-state index contributed by atoms with van der Waals surface area (Å²) in [6.07, 6.45) is 0.896. The summed E-state index contributed by atoms with van der Waals surface area (Å²) in [5.41, 5.74) is 4.15. The Balaban J connectivity index is 1.84. The molecule has 6 heteroatoms. The van der Waals surface area contributed by atoms with Crippen molar-refractivity contribution < 1.29 is 14.4 Å². The zero-order valence-electron chi connectivity index (χ0n) is 18.0. The van der Waals surface area contributed by atoms with Crippen molar-refractivity contribution >= 4 is 23.4 Å². The predicted molar refractivity (Wildman–Crippen MR) is 117 cm³/mol. The van der Waals surface area contributed by atoms with Crippen molar-refractivity contribution in [2.24, 2.45) is 5.92 Å². The molecular weight excluding hydrogens is 378 g/mol. The number of fused-ring (bicyclic) bond motifs is 1. The van der Waals surface area contributed by atoms with E-state index >= 15 is 0 Å². The molecule has 0 spiro atoms. The van der Waals surface area contributed by atoms with E-state index in [4.69, 9.17) is 0 Å². The molecule has 1 heterocycles. The lowest BCUT2D eigenvalue weighted by Gasteiger charge is -2.36. The summed E-state index contributed by atoms with van der Waals surface area (Å²) >= 11 is 0. The van der Waals surface area contributed by atoms with Gasteiger partial charge in [0.2, 0.25) is 11.8 Å². The van der Waals surface area contributed by atoms with E-state index < -0.39 is 6.04 Å². The third-order valence-electron chi connectivity index (χ3n) is 5.43. The van der Waals surface area contributed by atoms with Crippen LogP contribution >= 0.6 is 0 Å². The molecule has 158 valence electrons. The quantitative estimate of drug-likeness (QED) is 0.798. The van der Waals surface area contributed by atoms with Crippen molar-refractivity contribution in [1.82, 2.24) is 10.2 Å². The van der Waals surface area contributed by atoms with Gasteiger partial charge < -0.3 is 15.5 Å². The van der Waals surface area contributed by atoms with E-state index in [-0.39, 0.29) is 23.6 Å². The standard InChI is InChI=1S/C24H29N3O3/c1-15(2)11-22(28)27-14-19-8-6-5-7-17(19)13-21(27)24(30)26-20-10-9-18(12-16(20)3)23(29)25-4/h5-10,12,15,21H,11,13-14H2,1-4H3,(H,25,29)(H,26,30). The molecule has 2 aromatic carbocycles. The van der Waals surface area contributed by atoms with E-state index in [2.05, 4.69) is 10.6 Å². The van der Waals surface area contributed by atoms with Crippen LogP contribution in [0.3, 0.4) is 0 Å². The topological polar surface area (TPSA) is 78.5 Å². The molecule has 2 aromatic rings. The van der Waals surface area contributed by atoms with Gasteiger partial charge in [-0.25, -0.2) is 0 Å². The third kappa shape index (κ3) is 4.70. The fourth-order valence-electron chi connectivity index (χ4n) is 3.79. The van der Waals surface area contributed by atoms with Crippen LogP contribution in [-0.2, 0) is 22.6 Å². The lowest BCUT2D eigenvalue weighted by atomic mass is 9.92. The largest absolute Gasteiger partial charge is 0.355 e. The molecule has 0 aromatic heterocycles. The monoisotopic (exact) mass is 407 g/mol. The molecule has 30 heavy (non-hydrogen) atoms. The Labute approximate surface area is 177 Å². The zero-order valence-corrected chi connectivity index (χ0v) is 18.0. The third-order valence-corrected chi connectivity index (χ3v) is 5.43. The van der Waals surface area contributed by atoms with E-state index in [0.717, 1.165) is 16.7 Å². The minimum absolute atomic E-state index is 0.00802. The van der Waals surface area contributed by atoms with Gasteiger partial charge in [0.25, 0.3) is 5.91 Å². The molecule has 0 fully saturated rings. The van der Waals surface area contributed by atoms with Crippen LogP contribution < -0.4 is 10.6 Å². The fourth-order valence-corrected chi connectivity index (χ4v) is 3.79. The number of anilines is 1. The minimum atomic E-state index is -0.566. The first-order chi connectivity index (χ1) is 14.3. The summed E-state index contributed by atoms with van der Waals surface area (Å²) in [5, 5.41) is 5.56. The lowest BCUT2D eigenvalue weighted by Crippen LogP contribution is -2.50. The second-order valence-corrected chi connectivity index (χ2v) is 8.21. The molecule has 1 aliphatic heterocycles. The van der Waals surface area contributed by atoms with Gasteiger partial charge in [-0.15, -0.1) is 0 Å². The van der Waals surface area contributed by atoms with Crippen LogP contribution in [0, 0.1) is 12.8 Å². The first kappa shape index (κ1) is 21.6. The molecule has 0 bridgehead atoms. The Kier molecular flexibility index (Phi) is 6.55. The van der Waals surface area contributed by atoms with Crippen LogP contribution in [0.2, 0.25) is 0 Å². The molecule has 3 amide bonds. The number of rotatable bonds is 5. The number of aryl methyl sites for hydroxylation is 1. The van der Waals surface area contributed by atoms with E-state index in [1.807, 2.05) is 45.0 Å². The lowest BCUT2D eigenvalue weighted by molar-refractivity contribution is -0.140. The highest BCUT2D eigenvalue weighted by Gasteiger charge is 2.34. The average Bonchev–Trinajstić information content (AvgIpc) is 2.73. The van der Waals surface area contributed by atoms with Crippen LogP contribution in [0.1, 0.15) is 47.3 Å². The highest BCUT2D eigenvalue weighted by Crippen LogP contribution is 2.26. The van der Waals surface area contributed by atoms with Crippen LogP contribution in [0.25, 0.3) is 0 Å². The second kappa shape index (κ2) is 9.11. The summed E-state index contributed by atoms with van der Waals surface area (Å²) in [6, 6.07) is 12.5. The van der Waals surface area contributed by atoms with Gasteiger partial charge >= 0.3 is 0 Å². The van der Waals surface area contributed by atoms with Crippen LogP contribution in [0.4, 0.5) is 5.69 Å². The highest BCUT2D eigenvalue weighted by atomic mass is 16.2. The maximum Gasteiger partial charge on any atom is 0.251 e. The Morgan fingerprint density at radius 3 is 2.43 bits per heavy atom. The molecule has 0 saturated heterocycles. The van der Waals surface area contributed by atoms with E-state index in [1.165, 1.54) is 0 Å². The number of benzene rings is 2. The predicted octanol–water partition coefficient (Wildman–Crippen LogP) is 3.29. The number of carbonyl (C=O) groups excluding carboxylic acids is 3. The Morgan fingerprint density at radius 1 is 1.10 bits per heavy atom. The van der Waals surface area contributed by atoms with Crippen molar-refractivity contribution in [2.45, 2.75) is 46.2 Å². The van der Waals surface area contributed by atoms with Crippen LogP contribution in [-0.4, -0.2) is 35.7 Å². The molecule has 0 aliphatic carbocycles. The summed E-state index contributed by atoms with van der Waals surface area (Å²) in [6.45, 7) is 6.29. The van der Waals surface area contributed by atoms with Gasteiger partial charge in [0.15, 0.2) is 0 Å². The first-order valence-electron chi connectivity index (χ1n) is 10.3. The van der Waals surface area contributed by atoms with Crippen molar-refractivity contribution in [1.29, 1.82) is 0 Å². The van der Waals surface area contributed by atoms with Crippen molar-refractivity contribution in [2.75, 3.05) is 12.4 Å². The van der Waals surface area contributed by atoms with Crippen molar-refractivity contribution in [3.05, 3.63) is 64.7 Å². The maximum atomic E-state index is 13.2. The van der Waals surface area contributed by atoms with Gasteiger partial charge in [-0.05, 0) is 47.7 Å². The van der Waals surface area contributed by atoms with Crippen LogP contribution in [0.15, 0.2) is 42.5 Å². The van der Waals surface area contributed by atoms with Gasteiger partial charge in [0.05, 0.1) is 0 Å². The first-order valence-corrected chi connectivity index (χ1v) is 10.3. The van der Waals surface area contributed by atoms with Crippen LogP contribution in [0.5, 0.6) is 0 Å². The smallest absolute Gasteiger partial charge is 0.251 e. The highest BCUT2D eigenvalue weighted by molar-refractivity contribution is 5.99. The fraction of sp³-hybridized carbons (Fsp3) is 0.375. The summed E-state index contributed by atoms with van der Waals surface area (Å²) in [7, 11) is 1.58. The number of carbonyl (C=O) groups is 3. The number of hydrogen-bond acceptors (Lipinski definition) is 3. The molecule has 1 atom stereocenters. The number of amides is 3. The summed E-state index contributed by atoms with van der Waals surface area (Å²) < 4.78 is 0. The van der Waals surface area contributed by atoms with Gasteiger partial charge in [-0.3, -0.25) is 14.4 Å². The number of nitrogens with zero attached hydrogens (tertiary/aromatic N) is 1. The Hall–Kier alpha value is -3.15. The van der Waals surface area contributed by atoms with Crippen molar-refractivity contribution in [3.63, 3.8) is 0 Å². The van der Waals surface area contributed by atoms with Gasteiger partial charge in [0.1, 0.15) is 6.04 Å². The molecular formula is C24H29N3O3. The maximum absolute atomic E-state index is 13.2. The summed E-state index contributed by atoms with van der Waals surface area (Å²) in [4.78, 5) is 39.7. The summed E-state index contributed by atoms with van der Waals surface area (Å²) in [5.74, 6) is -0.174. The molecule has 1 unspecified atom stereocenters. The molecule has 0 saturated carbocycles. The van der Waals surface area contributed by atoms with E-state index in [0.29, 0.717) is 30.6 Å². The van der Waals surface area contributed by atoms with E-state index in [9.17, 15) is 14.4 Å². The van der Waals surface area contributed by atoms with E-state index in [1.54, 1.807) is 30.1 Å². The zero-order chi connectivity index (χ0) is 21.8. The number of nitrogens with one attached hydrogen (secondary N) is 2. The molecule has 1 aliphatic rings. The molecule has 3 rings (SSSR count). The Bertz CT molecular complexity index is 968. The van der Waals surface area contributed by atoms with Gasteiger partial charge in [-0.2, -0.15) is 0 Å². The average molecular weight is 408 g/mol. The number of hydrogen-bond donors (Lipinski definition) is 2. The van der Waals surface area contributed by atoms with Gasteiger partial charge in [-0.1, -0.05) is 38.1 Å². The normalized spacial score (nSPS) is 15.5. The van der Waals surface area contributed by atoms with Gasteiger partial charge in [0, 0.05) is 37.7 Å². The second-order valence-electron chi connectivity index (χ2n) is 8.21.